The molecular formula is C18H22ClN3O3. The first-order valence-corrected chi connectivity index (χ1v) is 8.87. The number of hydrogen-bond donors (Lipinski definition) is 3. The molecule has 3 atom stereocenters. The number of esters is 1. The minimum atomic E-state index is -0.272. The number of aromatic amines is 1. The van der Waals surface area contributed by atoms with Gasteiger partial charge in [-0.25, -0.2) is 0 Å². The van der Waals surface area contributed by atoms with E-state index in [4.69, 9.17) is 22.1 Å². The van der Waals surface area contributed by atoms with Gasteiger partial charge in [-0.05, 0) is 50.5 Å². The van der Waals surface area contributed by atoms with E-state index in [-0.39, 0.29) is 29.9 Å². The molecule has 1 fully saturated rings. The summed E-state index contributed by atoms with van der Waals surface area (Å²) in [5.41, 5.74) is 7.50. The molecule has 7 heteroatoms. The van der Waals surface area contributed by atoms with E-state index in [1.54, 1.807) is 25.1 Å². The second-order valence-corrected chi connectivity index (χ2v) is 6.86. The quantitative estimate of drug-likeness (QED) is 0.727. The molecule has 134 valence electrons. The molecule has 0 saturated heterocycles. The number of carbonyl (C=O) groups excluding carboxylic acids is 2. The van der Waals surface area contributed by atoms with Gasteiger partial charge in [0.15, 0.2) is 0 Å². The fourth-order valence-electron chi connectivity index (χ4n) is 3.33. The lowest BCUT2D eigenvalue weighted by molar-refractivity contribution is -0.149. The minimum Gasteiger partial charge on any atom is -0.466 e. The highest BCUT2D eigenvalue weighted by atomic mass is 35.5. The van der Waals surface area contributed by atoms with Gasteiger partial charge in [0.1, 0.15) is 5.69 Å². The van der Waals surface area contributed by atoms with Gasteiger partial charge >= 0.3 is 5.97 Å². The summed E-state index contributed by atoms with van der Waals surface area (Å²) in [6, 6.07) is 6.76. The van der Waals surface area contributed by atoms with Crippen LogP contribution in [0.4, 0.5) is 0 Å². The third-order valence-electron chi connectivity index (χ3n) is 4.66. The number of rotatable bonds is 4. The molecule has 1 amide bonds. The van der Waals surface area contributed by atoms with Crippen molar-refractivity contribution in [2.45, 2.75) is 38.3 Å². The molecular weight excluding hydrogens is 342 g/mol. The van der Waals surface area contributed by atoms with Crippen LogP contribution in [0.2, 0.25) is 5.02 Å². The van der Waals surface area contributed by atoms with Gasteiger partial charge in [-0.1, -0.05) is 11.6 Å². The molecule has 1 saturated carbocycles. The molecule has 25 heavy (non-hydrogen) atoms. The number of halogens is 1. The number of ether oxygens (including phenoxy) is 1. The number of amides is 1. The van der Waals surface area contributed by atoms with Crippen molar-refractivity contribution in [3.05, 3.63) is 35.0 Å². The molecule has 4 N–H and O–H groups in total. The number of hydrogen-bond acceptors (Lipinski definition) is 4. The molecule has 1 aromatic heterocycles. The lowest BCUT2D eigenvalue weighted by Crippen LogP contribution is -2.52. The highest BCUT2D eigenvalue weighted by Crippen LogP contribution is 2.25. The van der Waals surface area contributed by atoms with E-state index in [1.165, 1.54) is 0 Å². The molecule has 6 nitrogen and oxygen atoms in total. The van der Waals surface area contributed by atoms with Gasteiger partial charge in [-0.2, -0.15) is 0 Å². The smallest absolute Gasteiger partial charge is 0.308 e. The van der Waals surface area contributed by atoms with Crippen LogP contribution in [0.5, 0.6) is 0 Å². The second kappa shape index (κ2) is 7.45. The van der Waals surface area contributed by atoms with Crippen molar-refractivity contribution >= 4 is 34.4 Å². The topological polar surface area (TPSA) is 97.2 Å². The van der Waals surface area contributed by atoms with Crippen LogP contribution in [0.3, 0.4) is 0 Å². The summed E-state index contributed by atoms with van der Waals surface area (Å²) in [7, 11) is 0. The molecule has 1 aromatic carbocycles. The van der Waals surface area contributed by atoms with Crippen LogP contribution in [-0.2, 0) is 9.53 Å². The summed E-state index contributed by atoms with van der Waals surface area (Å²) >= 11 is 5.98. The largest absolute Gasteiger partial charge is 0.466 e. The van der Waals surface area contributed by atoms with Gasteiger partial charge in [0, 0.05) is 28.0 Å². The maximum absolute atomic E-state index is 12.5. The lowest BCUT2D eigenvalue weighted by Gasteiger charge is -2.33. The molecule has 1 heterocycles. The summed E-state index contributed by atoms with van der Waals surface area (Å²) in [4.78, 5) is 27.4. The monoisotopic (exact) mass is 363 g/mol. The standard InChI is InChI=1S/C18H22ClN3O3/c1-2-25-18(24)10-3-5-15(13(20)8-10)22-17(23)16-9-11-7-12(19)4-6-14(11)21-16/h4,6-7,9-10,13,15,21H,2-3,5,8,20H2,1H3,(H,22,23)/t10-,13+,15-/m0/s1. The average molecular weight is 364 g/mol. The predicted molar refractivity (Wildman–Crippen MR) is 96.5 cm³/mol. The number of benzene rings is 1. The Labute approximate surface area is 151 Å². The number of aromatic nitrogens is 1. The Kier molecular flexibility index (Phi) is 5.30. The molecule has 0 radical (unpaired) electrons. The van der Waals surface area contributed by atoms with Crippen molar-refractivity contribution in [2.24, 2.45) is 11.7 Å². The Morgan fingerprint density at radius 1 is 1.36 bits per heavy atom. The van der Waals surface area contributed by atoms with Crippen molar-refractivity contribution in [3.8, 4) is 0 Å². The zero-order valence-electron chi connectivity index (χ0n) is 14.0. The third kappa shape index (κ3) is 3.96. The average Bonchev–Trinajstić information content (AvgIpc) is 3.00. The second-order valence-electron chi connectivity index (χ2n) is 6.42. The fourth-order valence-corrected chi connectivity index (χ4v) is 3.51. The fraction of sp³-hybridized carbons (Fsp3) is 0.444. The number of nitrogens with one attached hydrogen (secondary N) is 2. The first kappa shape index (κ1) is 17.8. The lowest BCUT2D eigenvalue weighted by atomic mass is 9.82. The Morgan fingerprint density at radius 2 is 2.16 bits per heavy atom. The van der Waals surface area contributed by atoms with Crippen LogP contribution in [0.15, 0.2) is 24.3 Å². The number of nitrogens with two attached hydrogens (primary N) is 1. The Bertz CT molecular complexity index is 789. The summed E-state index contributed by atoms with van der Waals surface area (Å²) in [5.74, 6) is -0.587. The van der Waals surface area contributed by atoms with Crippen LogP contribution in [-0.4, -0.2) is 35.6 Å². The number of carbonyl (C=O) groups is 2. The Hall–Kier alpha value is -2.05. The van der Waals surface area contributed by atoms with E-state index in [0.29, 0.717) is 36.6 Å². The van der Waals surface area contributed by atoms with E-state index in [9.17, 15) is 9.59 Å². The summed E-state index contributed by atoms with van der Waals surface area (Å²) in [6.07, 6.45) is 1.84. The molecule has 1 aliphatic rings. The van der Waals surface area contributed by atoms with Gasteiger partial charge in [0.05, 0.1) is 12.5 Å². The van der Waals surface area contributed by atoms with Crippen LogP contribution in [0.1, 0.15) is 36.7 Å². The summed E-state index contributed by atoms with van der Waals surface area (Å²) in [5, 5.41) is 4.48. The third-order valence-corrected chi connectivity index (χ3v) is 4.90. The van der Waals surface area contributed by atoms with Gasteiger partial charge in [0.2, 0.25) is 0 Å². The molecule has 3 rings (SSSR count). The molecule has 2 aromatic rings. The van der Waals surface area contributed by atoms with Gasteiger partial charge < -0.3 is 20.8 Å². The first-order chi connectivity index (χ1) is 12.0. The van der Waals surface area contributed by atoms with Crippen LogP contribution in [0.25, 0.3) is 10.9 Å². The molecule has 1 aliphatic carbocycles. The Balaban J connectivity index is 1.63. The summed E-state index contributed by atoms with van der Waals surface area (Å²) < 4.78 is 5.06. The van der Waals surface area contributed by atoms with Crippen LogP contribution < -0.4 is 11.1 Å². The maximum Gasteiger partial charge on any atom is 0.308 e. The van der Waals surface area contributed by atoms with Crippen molar-refractivity contribution in [1.29, 1.82) is 0 Å². The predicted octanol–water partition coefficient (Wildman–Crippen LogP) is 2.61. The highest BCUT2D eigenvalue weighted by Gasteiger charge is 2.33. The maximum atomic E-state index is 12.5. The first-order valence-electron chi connectivity index (χ1n) is 8.49. The van der Waals surface area contributed by atoms with Gasteiger partial charge in [-0.3, -0.25) is 9.59 Å². The van der Waals surface area contributed by atoms with Crippen LogP contribution >= 0.6 is 11.6 Å². The molecule has 0 aliphatic heterocycles. The van der Waals surface area contributed by atoms with Gasteiger partial charge in [0.25, 0.3) is 5.91 Å². The van der Waals surface area contributed by atoms with Gasteiger partial charge in [-0.15, -0.1) is 0 Å². The zero-order chi connectivity index (χ0) is 18.0. The minimum absolute atomic E-state index is 0.159. The van der Waals surface area contributed by atoms with Crippen LogP contribution in [0, 0.1) is 5.92 Å². The van der Waals surface area contributed by atoms with E-state index >= 15 is 0 Å². The van der Waals surface area contributed by atoms with Crippen molar-refractivity contribution in [2.75, 3.05) is 6.61 Å². The summed E-state index contributed by atoms with van der Waals surface area (Å²) in [6.45, 7) is 2.16. The van der Waals surface area contributed by atoms with E-state index in [0.717, 1.165) is 10.9 Å². The molecule has 0 bridgehead atoms. The zero-order valence-corrected chi connectivity index (χ0v) is 14.8. The van der Waals surface area contributed by atoms with Crippen molar-refractivity contribution in [3.63, 3.8) is 0 Å². The van der Waals surface area contributed by atoms with Crippen molar-refractivity contribution in [1.82, 2.24) is 10.3 Å². The highest BCUT2D eigenvalue weighted by molar-refractivity contribution is 6.31. The number of H-pyrrole nitrogens is 1. The van der Waals surface area contributed by atoms with E-state index < -0.39 is 0 Å². The SMILES string of the molecule is CCOC(=O)[C@H]1CC[C@H](NC(=O)c2cc3cc(Cl)ccc3[nH]2)[C@H](N)C1. The van der Waals surface area contributed by atoms with Crippen molar-refractivity contribution < 1.29 is 14.3 Å². The normalized spacial score (nSPS) is 23.4. The number of fused-ring (bicyclic) bond motifs is 1. The molecule has 0 unspecified atom stereocenters. The Morgan fingerprint density at radius 3 is 2.88 bits per heavy atom. The van der Waals surface area contributed by atoms with E-state index in [2.05, 4.69) is 10.3 Å². The molecule has 0 spiro atoms. The van der Waals surface area contributed by atoms with E-state index in [1.807, 2.05) is 6.07 Å².